The average molecular weight is 210 g/mol. The molecule has 2 atom stereocenters. The van der Waals surface area contributed by atoms with Crippen LogP contribution >= 0.6 is 0 Å². The molecule has 0 unspecified atom stereocenters. The summed E-state index contributed by atoms with van der Waals surface area (Å²) in [4.78, 5) is 2.62. The minimum Gasteiger partial charge on any atom is -0.326 e. The quantitative estimate of drug-likeness (QED) is 0.719. The fraction of sp³-hybridized carbons (Fsp3) is 1.00. The average Bonchev–Trinajstić information content (AvgIpc) is 2.03. The summed E-state index contributed by atoms with van der Waals surface area (Å²) in [6.07, 6.45) is 5.29. The van der Waals surface area contributed by atoms with Crippen molar-refractivity contribution in [2.45, 2.75) is 58.5 Å². The Bertz CT molecular complexity index is 213. The number of nitrogens with two attached hydrogens (primary N) is 1. The van der Waals surface area contributed by atoms with Gasteiger partial charge in [0.1, 0.15) is 0 Å². The van der Waals surface area contributed by atoms with Gasteiger partial charge >= 0.3 is 0 Å². The molecule has 1 saturated heterocycles. The molecule has 0 aromatic carbocycles. The van der Waals surface area contributed by atoms with E-state index in [-0.39, 0.29) is 0 Å². The molecule has 1 aliphatic carbocycles. The molecule has 2 N–H and O–H groups in total. The van der Waals surface area contributed by atoms with E-state index in [0.717, 1.165) is 5.92 Å². The second-order valence-corrected chi connectivity index (χ2v) is 6.53. The topological polar surface area (TPSA) is 29.3 Å². The van der Waals surface area contributed by atoms with Crippen LogP contribution in [0.4, 0.5) is 0 Å². The number of nitrogens with zero attached hydrogens (tertiary/aromatic N) is 1. The normalized spacial score (nSPS) is 35.2. The fourth-order valence-corrected chi connectivity index (χ4v) is 2.92. The minimum absolute atomic E-state index is 0.444. The Kier molecular flexibility index (Phi) is 3.09. The highest BCUT2D eigenvalue weighted by molar-refractivity contribution is 4.95. The highest BCUT2D eigenvalue weighted by atomic mass is 15.2. The van der Waals surface area contributed by atoms with Gasteiger partial charge in [-0.2, -0.15) is 0 Å². The van der Waals surface area contributed by atoms with E-state index in [0.29, 0.717) is 17.5 Å². The molecule has 2 fully saturated rings. The molecule has 0 radical (unpaired) electrons. The zero-order valence-corrected chi connectivity index (χ0v) is 10.5. The maximum absolute atomic E-state index is 6.20. The third-order valence-electron chi connectivity index (χ3n) is 4.39. The zero-order chi connectivity index (χ0) is 11.1. The van der Waals surface area contributed by atoms with Crippen molar-refractivity contribution in [3.05, 3.63) is 0 Å². The van der Waals surface area contributed by atoms with E-state index in [4.69, 9.17) is 5.73 Å². The summed E-state index contributed by atoms with van der Waals surface area (Å²) in [6.45, 7) is 9.63. The van der Waals surface area contributed by atoms with Crippen molar-refractivity contribution in [3.8, 4) is 0 Å². The molecule has 1 saturated carbocycles. The van der Waals surface area contributed by atoms with E-state index < -0.39 is 0 Å². The molecular formula is C13H26N2. The van der Waals surface area contributed by atoms with Crippen LogP contribution in [0.25, 0.3) is 0 Å². The van der Waals surface area contributed by atoms with E-state index in [1.54, 1.807) is 0 Å². The third-order valence-corrected chi connectivity index (χ3v) is 4.39. The molecule has 1 aliphatic heterocycles. The van der Waals surface area contributed by atoms with E-state index in [1.807, 2.05) is 0 Å². The predicted octanol–water partition coefficient (Wildman–Crippen LogP) is 2.23. The van der Waals surface area contributed by atoms with Gasteiger partial charge in [-0.05, 0) is 24.2 Å². The van der Waals surface area contributed by atoms with Crippen molar-refractivity contribution in [2.24, 2.45) is 17.1 Å². The molecule has 0 aromatic rings. The Morgan fingerprint density at radius 1 is 1.07 bits per heavy atom. The zero-order valence-electron chi connectivity index (χ0n) is 10.5. The lowest BCUT2D eigenvalue weighted by molar-refractivity contribution is -0.0234. The molecule has 2 rings (SSSR count). The Hall–Kier alpha value is -0.0800. The van der Waals surface area contributed by atoms with Gasteiger partial charge in [-0.3, -0.25) is 4.90 Å². The van der Waals surface area contributed by atoms with Crippen molar-refractivity contribution in [3.63, 3.8) is 0 Å². The van der Waals surface area contributed by atoms with Gasteiger partial charge < -0.3 is 5.73 Å². The van der Waals surface area contributed by atoms with Crippen LogP contribution in [0.2, 0.25) is 0 Å². The van der Waals surface area contributed by atoms with E-state index >= 15 is 0 Å². The highest BCUT2D eigenvalue weighted by Gasteiger charge is 2.40. The Morgan fingerprint density at radius 2 is 1.67 bits per heavy atom. The van der Waals surface area contributed by atoms with E-state index in [9.17, 15) is 0 Å². The van der Waals surface area contributed by atoms with Gasteiger partial charge in [0.2, 0.25) is 0 Å². The van der Waals surface area contributed by atoms with Crippen LogP contribution in [0.1, 0.15) is 46.5 Å². The Labute approximate surface area is 94.2 Å². The standard InChI is InChI=1S/C13H26N2/c1-13(2,3)10-8-15(9-10)12-7-5-4-6-11(12)14/h10-12H,4-9,14H2,1-3H3/t11-,12-/m1/s1. The van der Waals surface area contributed by atoms with E-state index in [2.05, 4.69) is 25.7 Å². The van der Waals surface area contributed by atoms with Gasteiger partial charge in [0.25, 0.3) is 0 Å². The van der Waals surface area contributed by atoms with Gasteiger partial charge in [-0.1, -0.05) is 33.6 Å². The molecule has 15 heavy (non-hydrogen) atoms. The van der Waals surface area contributed by atoms with Gasteiger partial charge in [-0.15, -0.1) is 0 Å². The van der Waals surface area contributed by atoms with Gasteiger partial charge in [0.15, 0.2) is 0 Å². The summed E-state index contributed by atoms with van der Waals surface area (Å²) in [6, 6.07) is 1.14. The monoisotopic (exact) mass is 210 g/mol. The van der Waals surface area contributed by atoms with Gasteiger partial charge in [0, 0.05) is 25.2 Å². The van der Waals surface area contributed by atoms with Crippen LogP contribution in [-0.4, -0.2) is 30.1 Å². The van der Waals surface area contributed by atoms with Crippen molar-refractivity contribution in [1.82, 2.24) is 4.90 Å². The largest absolute Gasteiger partial charge is 0.326 e. The summed E-state index contributed by atoms with van der Waals surface area (Å²) >= 11 is 0. The van der Waals surface area contributed by atoms with E-state index in [1.165, 1.54) is 38.8 Å². The molecule has 1 heterocycles. The fourth-order valence-electron chi connectivity index (χ4n) is 2.92. The lowest BCUT2D eigenvalue weighted by atomic mass is 9.74. The first-order chi connectivity index (χ1) is 6.98. The first kappa shape index (κ1) is 11.4. The molecule has 2 nitrogen and oxygen atoms in total. The van der Waals surface area contributed by atoms with Crippen LogP contribution in [0.15, 0.2) is 0 Å². The van der Waals surface area contributed by atoms with Crippen molar-refractivity contribution in [1.29, 1.82) is 0 Å². The molecular weight excluding hydrogens is 184 g/mol. The number of hydrogen-bond acceptors (Lipinski definition) is 2. The van der Waals surface area contributed by atoms with Gasteiger partial charge in [-0.25, -0.2) is 0 Å². The SMILES string of the molecule is CC(C)(C)C1CN([C@@H]2CCCC[C@H]2N)C1. The number of rotatable bonds is 1. The molecule has 2 aliphatic rings. The summed E-state index contributed by atoms with van der Waals surface area (Å²) in [5.74, 6) is 0.881. The maximum atomic E-state index is 6.20. The molecule has 88 valence electrons. The van der Waals surface area contributed by atoms with Gasteiger partial charge in [0.05, 0.1) is 0 Å². The first-order valence-electron chi connectivity index (χ1n) is 6.48. The summed E-state index contributed by atoms with van der Waals surface area (Å²) in [5.41, 5.74) is 6.68. The minimum atomic E-state index is 0.444. The number of likely N-dealkylation sites (tertiary alicyclic amines) is 1. The van der Waals surface area contributed by atoms with Crippen molar-refractivity contribution in [2.75, 3.05) is 13.1 Å². The second kappa shape index (κ2) is 4.06. The maximum Gasteiger partial charge on any atom is 0.0247 e. The molecule has 0 aromatic heterocycles. The molecule has 0 spiro atoms. The molecule has 0 amide bonds. The summed E-state index contributed by atoms with van der Waals surface area (Å²) in [7, 11) is 0. The third kappa shape index (κ3) is 2.36. The number of hydrogen-bond donors (Lipinski definition) is 1. The first-order valence-corrected chi connectivity index (χ1v) is 6.48. The smallest absolute Gasteiger partial charge is 0.0247 e. The van der Waals surface area contributed by atoms with Crippen molar-refractivity contribution >= 4 is 0 Å². The van der Waals surface area contributed by atoms with Crippen LogP contribution in [0.3, 0.4) is 0 Å². The summed E-state index contributed by atoms with van der Waals surface area (Å²) < 4.78 is 0. The van der Waals surface area contributed by atoms with Crippen LogP contribution in [-0.2, 0) is 0 Å². The Balaban J connectivity index is 1.83. The lowest BCUT2D eigenvalue weighted by Crippen LogP contribution is -2.61. The summed E-state index contributed by atoms with van der Waals surface area (Å²) in [5, 5.41) is 0. The highest BCUT2D eigenvalue weighted by Crippen LogP contribution is 2.37. The Morgan fingerprint density at radius 3 is 2.20 bits per heavy atom. The van der Waals surface area contributed by atoms with Crippen molar-refractivity contribution < 1.29 is 0 Å². The van der Waals surface area contributed by atoms with Crippen LogP contribution in [0.5, 0.6) is 0 Å². The predicted molar refractivity (Wildman–Crippen MR) is 64.7 cm³/mol. The second-order valence-electron chi connectivity index (χ2n) is 6.53. The van der Waals surface area contributed by atoms with Crippen LogP contribution < -0.4 is 5.73 Å². The van der Waals surface area contributed by atoms with Crippen LogP contribution in [0, 0.1) is 11.3 Å². The molecule has 2 heteroatoms. The lowest BCUT2D eigenvalue weighted by Gasteiger charge is -2.52. The molecule has 0 bridgehead atoms.